The fourth-order valence-corrected chi connectivity index (χ4v) is 3.10. The Morgan fingerprint density at radius 2 is 1.68 bits per heavy atom. The third kappa shape index (κ3) is 3.71. The van der Waals surface area contributed by atoms with Gasteiger partial charge in [0.2, 0.25) is 0 Å². The number of carbonyl (C=O) groups is 2. The lowest BCUT2D eigenvalue weighted by molar-refractivity contribution is -0.136. The first-order valence-corrected chi connectivity index (χ1v) is 9.23. The Morgan fingerprint density at radius 3 is 2.29 bits per heavy atom. The van der Waals surface area contributed by atoms with Crippen molar-refractivity contribution in [1.82, 2.24) is 4.90 Å². The van der Waals surface area contributed by atoms with Crippen LogP contribution in [0.25, 0.3) is 5.57 Å². The Morgan fingerprint density at radius 1 is 1.00 bits per heavy atom. The zero-order chi connectivity index (χ0) is 20.3. The van der Waals surface area contributed by atoms with Crippen molar-refractivity contribution in [3.05, 3.63) is 59.8 Å². The van der Waals surface area contributed by atoms with Crippen LogP contribution in [-0.2, 0) is 9.59 Å². The number of hydrogen-bond acceptors (Lipinski definition) is 5. The molecule has 1 aliphatic rings. The zero-order valence-electron chi connectivity index (χ0n) is 16.5. The quantitative estimate of drug-likeness (QED) is 0.742. The second kappa shape index (κ2) is 8.17. The molecule has 2 aromatic carbocycles. The molecular weight excluding hydrogens is 356 g/mol. The third-order valence-electron chi connectivity index (χ3n) is 4.37. The predicted octanol–water partition coefficient (Wildman–Crippen LogP) is 3.69. The van der Waals surface area contributed by atoms with Crippen molar-refractivity contribution in [2.75, 3.05) is 19.0 Å². The number of methoxy groups -OCH3 is 1. The molecule has 3 rings (SSSR count). The van der Waals surface area contributed by atoms with Crippen molar-refractivity contribution in [3.8, 4) is 11.5 Å². The summed E-state index contributed by atoms with van der Waals surface area (Å²) in [5.74, 6) is 0.631. The van der Waals surface area contributed by atoms with Crippen molar-refractivity contribution in [2.24, 2.45) is 0 Å². The minimum absolute atomic E-state index is 0.0538. The van der Waals surface area contributed by atoms with E-state index in [0.29, 0.717) is 34.9 Å². The molecule has 6 heteroatoms. The number of amides is 2. The van der Waals surface area contributed by atoms with E-state index >= 15 is 0 Å². The average Bonchev–Trinajstić information content (AvgIpc) is 2.92. The summed E-state index contributed by atoms with van der Waals surface area (Å²) in [5.41, 5.74) is 1.86. The van der Waals surface area contributed by atoms with Crippen LogP contribution in [-0.4, -0.2) is 36.5 Å². The normalized spacial score (nSPS) is 14.1. The summed E-state index contributed by atoms with van der Waals surface area (Å²) in [6, 6.07) is 14.5. The summed E-state index contributed by atoms with van der Waals surface area (Å²) in [5, 5.41) is 3.11. The summed E-state index contributed by atoms with van der Waals surface area (Å²) < 4.78 is 11.0. The highest BCUT2D eigenvalue weighted by molar-refractivity contribution is 6.36. The lowest BCUT2D eigenvalue weighted by atomic mass is 10.0. The SMILES string of the molecule is CCN1C(=O)C(Nc2ccccc2OC)=C(c2ccc(OC(C)C)cc2)C1=O. The van der Waals surface area contributed by atoms with E-state index in [1.54, 1.807) is 50.4 Å². The fourth-order valence-electron chi connectivity index (χ4n) is 3.10. The van der Waals surface area contributed by atoms with Crippen molar-refractivity contribution < 1.29 is 19.1 Å². The monoisotopic (exact) mass is 380 g/mol. The summed E-state index contributed by atoms with van der Waals surface area (Å²) in [6.07, 6.45) is 0.0538. The minimum Gasteiger partial charge on any atom is -0.495 e. The van der Waals surface area contributed by atoms with Crippen LogP contribution >= 0.6 is 0 Å². The van der Waals surface area contributed by atoms with E-state index in [9.17, 15) is 9.59 Å². The molecule has 1 heterocycles. The number of hydrogen-bond donors (Lipinski definition) is 1. The maximum Gasteiger partial charge on any atom is 0.278 e. The minimum atomic E-state index is -0.351. The largest absolute Gasteiger partial charge is 0.495 e. The van der Waals surface area contributed by atoms with E-state index in [0.717, 1.165) is 0 Å². The topological polar surface area (TPSA) is 67.9 Å². The van der Waals surface area contributed by atoms with Gasteiger partial charge in [0.25, 0.3) is 11.8 Å². The summed E-state index contributed by atoms with van der Waals surface area (Å²) in [6.45, 7) is 5.97. The third-order valence-corrected chi connectivity index (χ3v) is 4.37. The van der Waals surface area contributed by atoms with E-state index in [-0.39, 0.29) is 23.6 Å². The van der Waals surface area contributed by atoms with E-state index in [2.05, 4.69) is 5.32 Å². The molecule has 28 heavy (non-hydrogen) atoms. The van der Waals surface area contributed by atoms with Gasteiger partial charge in [-0.25, -0.2) is 0 Å². The fraction of sp³-hybridized carbons (Fsp3) is 0.273. The molecule has 0 saturated carbocycles. The van der Waals surface area contributed by atoms with Crippen molar-refractivity contribution in [3.63, 3.8) is 0 Å². The molecule has 1 aliphatic heterocycles. The molecule has 0 aromatic heterocycles. The number of nitrogens with one attached hydrogen (secondary N) is 1. The van der Waals surface area contributed by atoms with Gasteiger partial charge in [-0.3, -0.25) is 14.5 Å². The molecule has 6 nitrogen and oxygen atoms in total. The van der Waals surface area contributed by atoms with Gasteiger partial charge in [0.15, 0.2) is 0 Å². The number of para-hydroxylation sites is 2. The maximum atomic E-state index is 12.9. The smallest absolute Gasteiger partial charge is 0.278 e. The molecule has 0 saturated heterocycles. The lowest BCUT2D eigenvalue weighted by Gasteiger charge is -2.13. The van der Waals surface area contributed by atoms with Gasteiger partial charge in [-0.05, 0) is 50.6 Å². The summed E-state index contributed by atoms with van der Waals surface area (Å²) in [7, 11) is 1.56. The van der Waals surface area contributed by atoms with Gasteiger partial charge < -0.3 is 14.8 Å². The van der Waals surface area contributed by atoms with Gasteiger partial charge in [-0.2, -0.15) is 0 Å². The van der Waals surface area contributed by atoms with E-state index in [1.165, 1.54) is 4.90 Å². The van der Waals surface area contributed by atoms with Crippen LogP contribution in [0.2, 0.25) is 0 Å². The van der Waals surface area contributed by atoms with Crippen molar-refractivity contribution >= 4 is 23.1 Å². The second-order valence-electron chi connectivity index (χ2n) is 6.62. The van der Waals surface area contributed by atoms with E-state index in [1.807, 2.05) is 26.0 Å². The lowest BCUT2D eigenvalue weighted by Crippen LogP contribution is -2.32. The van der Waals surface area contributed by atoms with E-state index < -0.39 is 0 Å². The first kappa shape index (κ1) is 19.5. The maximum absolute atomic E-state index is 12.9. The molecule has 0 radical (unpaired) electrons. The highest BCUT2D eigenvalue weighted by atomic mass is 16.5. The number of imide groups is 1. The Labute approximate surface area is 164 Å². The van der Waals surface area contributed by atoms with Gasteiger partial charge in [-0.1, -0.05) is 24.3 Å². The number of likely N-dealkylation sites (N-methyl/N-ethyl adjacent to an activating group) is 1. The molecular formula is C22H24N2O4. The van der Waals surface area contributed by atoms with Crippen LogP contribution in [0, 0.1) is 0 Å². The van der Waals surface area contributed by atoms with Crippen LogP contribution in [0.5, 0.6) is 11.5 Å². The van der Waals surface area contributed by atoms with Crippen LogP contribution in [0.1, 0.15) is 26.3 Å². The number of nitrogens with zero attached hydrogens (tertiary/aromatic N) is 1. The molecule has 0 atom stereocenters. The molecule has 146 valence electrons. The molecule has 0 spiro atoms. The number of ether oxygens (including phenoxy) is 2. The molecule has 2 aromatic rings. The number of carbonyl (C=O) groups excluding carboxylic acids is 2. The summed E-state index contributed by atoms with van der Waals surface area (Å²) in [4.78, 5) is 27.0. The molecule has 0 aliphatic carbocycles. The highest BCUT2D eigenvalue weighted by Crippen LogP contribution is 2.33. The molecule has 0 unspecified atom stereocenters. The highest BCUT2D eigenvalue weighted by Gasteiger charge is 2.38. The Kier molecular flexibility index (Phi) is 5.68. The zero-order valence-corrected chi connectivity index (χ0v) is 16.5. The standard InChI is InChI=1S/C22H24N2O4/c1-5-24-21(25)19(15-10-12-16(13-11-15)28-14(2)3)20(22(24)26)23-17-8-6-7-9-18(17)27-4/h6-14,23H,5H2,1-4H3. The van der Waals surface area contributed by atoms with Gasteiger partial charge in [0.05, 0.1) is 24.5 Å². The van der Waals surface area contributed by atoms with Gasteiger partial charge >= 0.3 is 0 Å². The number of rotatable bonds is 7. The van der Waals surface area contributed by atoms with Crippen LogP contribution in [0.15, 0.2) is 54.2 Å². The van der Waals surface area contributed by atoms with Crippen molar-refractivity contribution in [1.29, 1.82) is 0 Å². The van der Waals surface area contributed by atoms with Gasteiger partial charge in [-0.15, -0.1) is 0 Å². The first-order chi connectivity index (χ1) is 13.5. The van der Waals surface area contributed by atoms with Crippen LogP contribution in [0.3, 0.4) is 0 Å². The Bertz CT molecular complexity index is 916. The Balaban J connectivity index is 2.04. The molecule has 2 amide bonds. The molecule has 0 fully saturated rings. The van der Waals surface area contributed by atoms with Gasteiger partial charge in [0.1, 0.15) is 17.2 Å². The predicted molar refractivity (Wildman–Crippen MR) is 108 cm³/mol. The van der Waals surface area contributed by atoms with Crippen molar-refractivity contribution in [2.45, 2.75) is 26.9 Å². The van der Waals surface area contributed by atoms with Crippen LogP contribution in [0.4, 0.5) is 5.69 Å². The second-order valence-corrected chi connectivity index (χ2v) is 6.62. The first-order valence-electron chi connectivity index (χ1n) is 9.23. The molecule has 1 N–H and O–H groups in total. The van der Waals surface area contributed by atoms with Crippen LogP contribution < -0.4 is 14.8 Å². The Hall–Kier alpha value is -3.28. The van der Waals surface area contributed by atoms with Gasteiger partial charge in [0, 0.05) is 6.54 Å². The average molecular weight is 380 g/mol. The number of benzene rings is 2. The number of anilines is 1. The van der Waals surface area contributed by atoms with E-state index in [4.69, 9.17) is 9.47 Å². The molecule has 0 bridgehead atoms. The summed E-state index contributed by atoms with van der Waals surface area (Å²) >= 11 is 0.